The molecule has 0 aliphatic rings. The first kappa shape index (κ1) is 17.3. The lowest BCUT2D eigenvalue weighted by Gasteiger charge is -2.07. The molecular weight excluding hydrogens is 279 g/mol. The Morgan fingerprint density at radius 1 is 1.28 bits per heavy atom. The second kappa shape index (κ2) is 7.68. The molecule has 2 N–H and O–H groups in total. The van der Waals surface area contributed by atoms with Crippen molar-refractivity contribution in [2.24, 2.45) is 0 Å². The molecule has 0 heterocycles. The molecule has 0 radical (unpaired) electrons. The third-order valence-corrected chi connectivity index (χ3v) is 3.79. The van der Waals surface area contributed by atoms with Crippen LogP contribution in [0.4, 0.5) is 4.39 Å². The van der Waals surface area contributed by atoms with Crippen molar-refractivity contribution >= 4 is 22.4 Å². The largest absolute Gasteiger partial charge is 0.320 e. The van der Waals surface area contributed by atoms with Crippen LogP contribution in [0.15, 0.2) is 23.1 Å². The van der Waals surface area contributed by atoms with Gasteiger partial charge in [0.2, 0.25) is 10.0 Å². The van der Waals surface area contributed by atoms with Crippen molar-refractivity contribution in [3.8, 4) is 0 Å². The summed E-state index contributed by atoms with van der Waals surface area (Å²) in [5, 5.41) is 2.93. The highest BCUT2D eigenvalue weighted by molar-refractivity contribution is 7.89. The van der Waals surface area contributed by atoms with Crippen LogP contribution in [0.25, 0.3) is 0 Å². The SMILES string of the molecule is CNCCCNS(=O)(=O)c1ccc(F)c(C)c1.Cl. The van der Waals surface area contributed by atoms with Gasteiger partial charge in [-0.3, -0.25) is 0 Å². The van der Waals surface area contributed by atoms with Gasteiger partial charge in [-0.05, 0) is 50.7 Å². The maximum atomic E-state index is 13.0. The molecule has 0 bridgehead atoms. The number of hydrogen-bond donors (Lipinski definition) is 2. The summed E-state index contributed by atoms with van der Waals surface area (Å²) in [7, 11) is -1.72. The van der Waals surface area contributed by atoms with Crippen LogP contribution >= 0.6 is 12.4 Å². The molecule has 0 aliphatic carbocycles. The Kier molecular flexibility index (Phi) is 7.39. The van der Waals surface area contributed by atoms with Gasteiger partial charge in [0.1, 0.15) is 5.82 Å². The minimum absolute atomic E-state index is 0. The highest BCUT2D eigenvalue weighted by Crippen LogP contribution is 2.13. The molecule has 4 nitrogen and oxygen atoms in total. The van der Waals surface area contributed by atoms with Crippen molar-refractivity contribution in [3.63, 3.8) is 0 Å². The fourth-order valence-electron chi connectivity index (χ4n) is 1.34. The molecule has 7 heteroatoms. The molecule has 1 aromatic carbocycles. The van der Waals surface area contributed by atoms with Crippen LogP contribution in [0.5, 0.6) is 0 Å². The molecule has 0 aromatic heterocycles. The van der Waals surface area contributed by atoms with E-state index in [2.05, 4.69) is 10.0 Å². The number of halogens is 2. The van der Waals surface area contributed by atoms with E-state index < -0.39 is 15.8 Å². The lowest BCUT2D eigenvalue weighted by Crippen LogP contribution is -2.26. The number of sulfonamides is 1. The summed E-state index contributed by atoms with van der Waals surface area (Å²) in [6.45, 7) is 2.64. The van der Waals surface area contributed by atoms with Gasteiger partial charge in [-0.1, -0.05) is 0 Å². The Labute approximate surface area is 113 Å². The average molecular weight is 297 g/mol. The molecule has 104 valence electrons. The molecule has 1 rings (SSSR count). The predicted molar refractivity (Wildman–Crippen MR) is 72.1 cm³/mol. The fourth-order valence-corrected chi connectivity index (χ4v) is 2.50. The van der Waals surface area contributed by atoms with Gasteiger partial charge >= 0.3 is 0 Å². The van der Waals surface area contributed by atoms with Crippen molar-refractivity contribution in [3.05, 3.63) is 29.6 Å². The summed E-state index contributed by atoms with van der Waals surface area (Å²) in [6.07, 6.45) is 0.704. The first-order valence-corrected chi connectivity index (χ1v) is 6.86. The number of rotatable bonds is 6. The smallest absolute Gasteiger partial charge is 0.240 e. The van der Waals surface area contributed by atoms with Crippen molar-refractivity contribution in [1.82, 2.24) is 10.0 Å². The van der Waals surface area contributed by atoms with Crippen LogP contribution in [0.2, 0.25) is 0 Å². The van der Waals surface area contributed by atoms with Crippen LogP contribution in [0.1, 0.15) is 12.0 Å². The summed E-state index contributed by atoms with van der Waals surface area (Å²) in [5.74, 6) is -0.404. The van der Waals surface area contributed by atoms with Crippen LogP contribution in [-0.4, -0.2) is 28.6 Å². The number of benzene rings is 1. The number of nitrogens with one attached hydrogen (secondary N) is 2. The van der Waals surface area contributed by atoms with E-state index in [1.807, 2.05) is 0 Å². The lowest BCUT2D eigenvalue weighted by atomic mass is 10.2. The molecule has 0 spiro atoms. The van der Waals surface area contributed by atoms with E-state index in [1.54, 1.807) is 7.05 Å². The number of aryl methyl sites for hydroxylation is 1. The first-order valence-electron chi connectivity index (χ1n) is 5.38. The van der Waals surface area contributed by atoms with E-state index in [4.69, 9.17) is 0 Å². The molecule has 1 aromatic rings. The zero-order valence-electron chi connectivity index (χ0n) is 10.4. The van der Waals surface area contributed by atoms with Gasteiger partial charge in [0.15, 0.2) is 0 Å². The van der Waals surface area contributed by atoms with Crippen molar-refractivity contribution in [2.45, 2.75) is 18.2 Å². The summed E-state index contributed by atoms with van der Waals surface area (Å²) in [5.41, 5.74) is 0.322. The van der Waals surface area contributed by atoms with E-state index in [1.165, 1.54) is 19.1 Å². The van der Waals surface area contributed by atoms with Crippen molar-refractivity contribution in [2.75, 3.05) is 20.1 Å². The Morgan fingerprint density at radius 3 is 2.50 bits per heavy atom. The predicted octanol–water partition coefficient (Wildman–Crippen LogP) is 1.44. The van der Waals surface area contributed by atoms with Crippen LogP contribution in [0, 0.1) is 12.7 Å². The zero-order chi connectivity index (χ0) is 12.9. The zero-order valence-corrected chi connectivity index (χ0v) is 12.0. The quantitative estimate of drug-likeness (QED) is 0.781. The normalized spacial score (nSPS) is 11.1. The summed E-state index contributed by atoms with van der Waals surface area (Å²) in [6, 6.07) is 3.76. The first-order chi connectivity index (χ1) is 7.97. The third kappa shape index (κ3) is 4.89. The van der Waals surface area contributed by atoms with Gasteiger partial charge in [-0.15, -0.1) is 12.4 Å². The minimum Gasteiger partial charge on any atom is -0.320 e. The van der Waals surface area contributed by atoms with Crippen molar-refractivity contribution in [1.29, 1.82) is 0 Å². The summed E-state index contributed by atoms with van der Waals surface area (Å²) >= 11 is 0. The Bertz CT molecular complexity index is 480. The summed E-state index contributed by atoms with van der Waals surface area (Å²) < 4.78 is 39.1. The van der Waals surface area contributed by atoms with Crippen LogP contribution in [0.3, 0.4) is 0 Å². The van der Waals surface area contributed by atoms with E-state index in [-0.39, 0.29) is 17.3 Å². The fraction of sp³-hybridized carbons (Fsp3) is 0.455. The Morgan fingerprint density at radius 2 is 1.94 bits per heavy atom. The van der Waals surface area contributed by atoms with Gasteiger partial charge in [-0.25, -0.2) is 17.5 Å². The van der Waals surface area contributed by atoms with Crippen LogP contribution < -0.4 is 10.0 Å². The molecular formula is C11H18ClFN2O2S. The van der Waals surface area contributed by atoms with Gasteiger partial charge in [-0.2, -0.15) is 0 Å². The monoisotopic (exact) mass is 296 g/mol. The maximum absolute atomic E-state index is 13.0. The molecule has 0 atom stereocenters. The van der Waals surface area contributed by atoms with E-state index in [9.17, 15) is 12.8 Å². The second-order valence-electron chi connectivity index (χ2n) is 3.77. The third-order valence-electron chi connectivity index (χ3n) is 2.34. The molecule has 0 unspecified atom stereocenters. The molecule has 0 amide bonds. The molecule has 0 aliphatic heterocycles. The Hall–Kier alpha value is -0.690. The molecule has 0 saturated heterocycles. The van der Waals surface area contributed by atoms with Gasteiger partial charge < -0.3 is 5.32 Å². The van der Waals surface area contributed by atoms with Gasteiger partial charge in [0.25, 0.3) is 0 Å². The highest BCUT2D eigenvalue weighted by atomic mass is 35.5. The lowest BCUT2D eigenvalue weighted by molar-refractivity contribution is 0.576. The van der Waals surface area contributed by atoms with E-state index in [0.29, 0.717) is 18.5 Å². The van der Waals surface area contributed by atoms with Crippen molar-refractivity contribution < 1.29 is 12.8 Å². The molecule has 0 fully saturated rings. The van der Waals surface area contributed by atoms with Crippen LogP contribution in [-0.2, 0) is 10.0 Å². The highest BCUT2D eigenvalue weighted by Gasteiger charge is 2.14. The average Bonchev–Trinajstić information content (AvgIpc) is 2.28. The molecule has 18 heavy (non-hydrogen) atoms. The Balaban J connectivity index is 0.00000289. The standard InChI is InChI=1S/C11H17FN2O2S.ClH/c1-9-8-10(4-5-11(9)12)17(15,16)14-7-3-6-13-2;/h4-5,8,13-14H,3,6-7H2,1-2H3;1H. The van der Waals surface area contributed by atoms with E-state index in [0.717, 1.165) is 12.6 Å². The van der Waals surface area contributed by atoms with E-state index >= 15 is 0 Å². The second-order valence-corrected chi connectivity index (χ2v) is 5.53. The maximum Gasteiger partial charge on any atom is 0.240 e. The van der Waals surface area contributed by atoms with Gasteiger partial charge in [0.05, 0.1) is 4.90 Å². The topological polar surface area (TPSA) is 58.2 Å². The summed E-state index contributed by atoms with van der Waals surface area (Å²) in [4.78, 5) is 0.0980. The minimum atomic E-state index is -3.52. The molecule has 0 saturated carbocycles. The number of hydrogen-bond acceptors (Lipinski definition) is 3. The van der Waals surface area contributed by atoms with Gasteiger partial charge in [0, 0.05) is 6.54 Å².